The maximum Gasteiger partial charge on any atom is 0.256 e. The van der Waals surface area contributed by atoms with Gasteiger partial charge < -0.3 is 0 Å². The molecule has 0 aliphatic carbocycles. The molecule has 0 radical (unpaired) electrons. The summed E-state index contributed by atoms with van der Waals surface area (Å²) in [7, 11) is 0. The van der Waals surface area contributed by atoms with Gasteiger partial charge in [-0.25, -0.2) is 0 Å². The second kappa shape index (κ2) is 28.4. The molecule has 2 unspecified atom stereocenters. The fraction of sp³-hybridized carbons (Fsp3) is 0.872. The molecule has 2 atom stereocenters. The van der Waals surface area contributed by atoms with E-state index in [9.17, 15) is 19.2 Å². The van der Waals surface area contributed by atoms with E-state index in [1.807, 2.05) is 13.8 Å². The summed E-state index contributed by atoms with van der Waals surface area (Å²) in [4.78, 5) is 51.7. The second-order valence-corrected chi connectivity index (χ2v) is 17.7. The van der Waals surface area contributed by atoms with Gasteiger partial charge in [0.1, 0.15) is 0 Å². The van der Waals surface area contributed by atoms with Gasteiger partial charge in [-0.1, -0.05) is 214 Å². The highest BCUT2D eigenvalue weighted by molar-refractivity contribution is 6.12. The third kappa shape index (κ3) is 19.4. The Morgan fingerprint density at radius 3 is 1.15 bits per heavy atom. The number of carbonyl (C=O) groups is 4. The van der Waals surface area contributed by atoms with Crippen molar-refractivity contribution in [3.63, 3.8) is 0 Å². The maximum atomic E-state index is 12.5. The van der Waals surface area contributed by atoms with Gasteiger partial charge in [0, 0.05) is 25.1 Å². The quantitative estimate of drug-likeness (QED) is 0.0368. The highest BCUT2D eigenvalue weighted by atomic mass is 16.2. The van der Waals surface area contributed by atoms with E-state index in [-0.39, 0.29) is 30.0 Å². The topological polar surface area (TPSA) is 74.8 Å². The summed E-state index contributed by atoms with van der Waals surface area (Å²) in [6.07, 6.45) is 39.8. The van der Waals surface area contributed by atoms with Crippen LogP contribution < -0.4 is 0 Å². The normalized spacial score (nSPS) is 17.2. The van der Waals surface area contributed by atoms with E-state index in [4.69, 9.17) is 0 Å². The molecule has 2 aliphatic heterocycles. The predicted molar refractivity (Wildman–Crippen MR) is 222 cm³/mol. The molecule has 53 heavy (non-hydrogen) atoms. The lowest BCUT2D eigenvalue weighted by atomic mass is 9.78. The fourth-order valence-electron chi connectivity index (χ4n) is 8.86. The highest BCUT2D eigenvalue weighted by Crippen LogP contribution is 2.34. The van der Waals surface area contributed by atoms with E-state index in [0.717, 1.165) is 37.5 Å². The molecule has 0 aromatic heterocycles. The fourth-order valence-corrected chi connectivity index (χ4v) is 8.86. The van der Waals surface area contributed by atoms with E-state index in [1.54, 1.807) is 0 Å². The molecule has 6 heteroatoms. The molecule has 6 nitrogen and oxygen atoms in total. The van der Waals surface area contributed by atoms with E-state index in [1.165, 1.54) is 177 Å². The third-order valence-electron chi connectivity index (χ3n) is 12.4. The van der Waals surface area contributed by atoms with Gasteiger partial charge >= 0.3 is 0 Å². The lowest BCUT2D eigenvalue weighted by molar-refractivity contribution is -0.141. The molecule has 0 spiro atoms. The molecule has 4 amide bonds. The Bertz CT molecular complexity index is 1050. The Morgan fingerprint density at radius 2 is 0.830 bits per heavy atom. The zero-order valence-corrected chi connectivity index (χ0v) is 35.4. The molecule has 2 saturated heterocycles. The first-order chi connectivity index (χ1) is 25.6. The SMILES string of the molecule is C=C1CC(=O)N(CCCCCCCCCC(CCCCCCCC)C(CCCCCCCC)CCCCCCCCCN2C(=O)CC(C)(C)C2=O)C1=O. The Kier molecular flexibility index (Phi) is 25.3. The van der Waals surface area contributed by atoms with Crippen molar-refractivity contribution in [2.45, 2.75) is 233 Å². The van der Waals surface area contributed by atoms with E-state index in [2.05, 4.69) is 20.4 Å². The number of unbranched alkanes of at least 4 members (excludes halogenated alkanes) is 22. The number of nitrogens with zero attached hydrogens (tertiary/aromatic N) is 2. The van der Waals surface area contributed by atoms with Gasteiger partial charge in [-0.2, -0.15) is 0 Å². The van der Waals surface area contributed by atoms with E-state index >= 15 is 0 Å². The van der Waals surface area contributed by atoms with Gasteiger partial charge in [0.25, 0.3) is 5.91 Å². The van der Waals surface area contributed by atoms with Crippen LogP contribution >= 0.6 is 0 Å². The van der Waals surface area contributed by atoms with Crippen LogP contribution in [0.4, 0.5) is 0 Å². The van der Waals surface area contributed by atoms with Crippen molar-refractivity contribution in [1.29, 1.82) is 0 Å². The average Bonchev–Trinajstić information content (AvgIpc) is 3.49. The monoisotopic (exact) mass is 741 g/mol. The van der Waals surface area contributed by atoms with Crippen LogP contribution in [-0.2, 0) is 19.2 Å². The Balaban J connectivity index is 1.75. The molecule has 0 bridgehead atoms. The molecule has 0 saturated carbocycles. The van der Waals surface area contributed by atoms with E-state index < -0.39 is 5.41 Å². The first kappa shape index (κ1) is 47.2. The predicted octanol–water partition coefficient (Wildman–Crippen LogP) is 13.1. The van der Waals surface area contributed by atoms with Gasteiger partial charge in [0.05, 0.1) is 11.8 Å². The van der Waals surface area contributed by atoms with Gasteiger partial charge in [-0.15, -0.1) is 0 Å². The molecular formula is C47H84N2O4. The van der Waals surface area contributed by atoms with Crippen LogP contribution in [0, 0.1) is 17.3 Å². The number of amides is 4. The lowest BCUT2D eigenvalue weighted by Gasteiger charge is -2.28. The number of hydrogen-bond donors (Lipinski definition) is 0. The van der Waals surface area contributed by atoms with Crippen molar-refractivity contribution in [2.24, 2.45) is 17.3 Å². The smallest absolute Gasteiger partial charge is 0.256 e. The maximum absolute atomic E-state index is 12.5. The van der Waals surface area contributed by atoms with Crippen LogP contribution in [0.3, 0.4) is 0 Å². The number of hydrogen-bond acceptors (Lipinski definition) is 4. The minimum atomic E-state index is -0.516. The van der Waals surface area contributed by atoms with Crippen LogP contribution in [0.15, 0.2) is 12.2 Å². The molecule has 0 aromatic carbocycles. The molecule has 0 N–H and O–H groups in total. The van der Waals surface area contributed by atoms with Gasteiger partial charge in [0.15, 0.2) is 0 Å². The van der Waals surface area contributed by atoms with Crippen LogP contribution in [-0.4, -0.2) is 46.5 Å². The summed E-state index contributed by atoms with van der Waals surface area (Å²) < 4.78 is 0. The van der Waals surface area contributed by atoms with Crippen LogP contribution in [0.1, 0.15) is 233 Å². The Morgan fingerprint density at radius 1 is 0.491 bits per heavy atom. The molecule has 306 valence electrons. The number of carbonyl (C=O) groups excluding carboxylic acids is 4. The molecule has 2 rings (SSSR count). The van der Waals surface area contributed by atoms with Crippen LogP contribution in [0.5, 0.6) is 0 Å². The van der Waals surface area contributed by atoms with E-state index in [0.29, 0.717) is 25.1 Å². The summed E-state index contributed by atoms with van der Waals surface area (Å²) in [5.74, 6) is 1.54. The number of rotatable bonds is 35. The molecule has 0 aromatic rings. The van der Waals surface area contributed by atoms with Crippen molar-refractivity contribution in [3.05, 3.63) is 12.2 Å². The number of likely N-dealkylation sites (tertiary alicyclic amines) is 2. The largest absolute Gasteiger partial charge is 0.282 e. The Hall–Kier alpha value is -1.98. The summed E-state index contributed by atoms with van der Waals surface area (Å²) in [6.45, 7) is 13.3. The highest BCUT2D eigenvalue weighted by Gasteiger charge is 2.44. The number of imide groups is 2. The van der Waals surface area contributed by atoms with Crippen LogP contribution in [0.25, 0.3) is 0 Å². The third-order valence-corrected chi connectivity index (χ3v) is 12.4. The minimum Gasteiger partial charge on any atom is -0.282 e. The van der Waals surface area contributed by atoms with Gasteiger partial charge in [-0.05, 0) is 24.7 Å². The summed E-state index contributed by atoms with van der Waals surface area (Å²) in [5.41, 5.74) is -0.0721. The first-order valence-electron chi connectivity index (χ1n) is 23.0. The zero-order valence-electron chi connectivity index (χ0n) is 35.4. The Labute approximate surface area is 327 Å². The van der Waals surface area contributed by atoms with Crippen molar-refractivity contribution in [2.75, 3.05) is 13.1 Å². The van der Waals surface area contributed by atoms with Crippen molar-refractivity contribution in [1.82, 2.24) is 9.80 Å². The summed E-state index contributed by atoms with van der Waals surface area (Å²) in [6, 6.07) is 0. The molecule has 2 aliphatic rings. The zero-order chi connectivity index (χ0) is 38.7. The van der Waals surface area contributed by atoms with Crippen molar-refractivity contribution < 1.29 is 19.2 Å². The summed E-state index contributed by atoms with van der Waals surface area (Å²) >= 11 is 0. The van der Waals surface area contributed by atoms with Crippen LogP contribution in [0.2, 0.25) is 0 Å². The molecule has 2 heterocycles. The van der Waals surface area contributed by atoms with Gasteiger partial charge in [0.2, 0.25) is 17.7 Å². The minimum absolute atomic E-state index is 0.0115. The summed E-state index contributed by atoms with van der Waals surface area (Å²) in [5, 5.41) is 0. The molecular weight excluding hydrogens is 657 g/mol. The van der Waals surface area contributed by atoms with Crippen molar-refractivity contribution >= 4 is 23.6 Å². The standard InChI is InChI=1S/C47H84N2O4/c1-6-8-10-12-20-26-32-41(34-28-22-16-14-18-24-30-36-48-43(50)38-40(3)45(48)52)42(33-27-21-13-11-9-7-2)35-29-23-17-15-19-25-31-37-49-44(51)39-47(4,5)46(49)53/h41-42H,3,6-39H2,1-2,4-5H3. The first-order valence-corrected chi connectivity index (χ1v) is 23.0. The van der Waals surface area contributed by atoms with Crippen molar-refractivity contribution in [3.8, 4) is 0 Å². The second-order valence-electron chi connectivity index (χ2n) is 17.7. The van der Waals surface area contributed by atoms with Gasteiger partial charge in [-0.3, -0.25) is 29.0 Å². The average molecular weight is 741 g/mol. The lowest BCUT2D eigenvalue weighted by Crippen LogP contribution is -2.33. The molecule has 2 fully saturated rings.